The Hall–Kier alpha value is -3.49. The number of carboxylic acids is 1. The molecule has 2 saturated heterocycles. The molecule has 1 aliphatic carbocycles. The molecule has 238 valence electrons. The van der Waals surface area contributed by atoms with Crippen LogP contribution in [0.1, 0.15) is 86.1 Å². The van der Waals surface area contributed by atoms with E-state index in [1.165, 1.54) is 6.20 Å². The Kier molecular flexibility index (Phi) is 8.29. The van der Waals surface area contributed by atoms with Crippen molar-refractivity contribution in [1.82, 2.24) is 9.88 Å². The minimum Gasteiger partial charge on any atom is -0.485 e. The fraction of sp³-hybridized carbons (Fsp3) is 0.514. The second-order valence-corrected chi connectivity index (χ2v) is 13.5. The van der Waals surface area contributed by atoms with Crippen LogP contribution < -0.4 is 9.47 Å². The molecule has 4 aliphatic rings. The Morgan fingerprint density at radius 2 is 1.82 bits per heavy atom. The number of rotatable bonds is 10. The highest BCUT2D eigenvalue weighted by atomic mass is 19.1. The predicted octanol–water partition coefficient (Wildman–Crippen LogP) is 7.32. The molecule has 3 fully saturated rings. The number of carbonyl (C=O) groups is 1. The summed E-state index contributed by atoms with van der Waals surface area (Å²) in [5.74, 6) is 0.0738. The van der Waals surface area contributed by atoms with Crippen molar-refractivity contribution in [3.63, 3.8) is 0 Å². The molecule has 3 aromatic rings. The monoisotopic (exact) mass is 614 g/mol. The Morgan fingerprint density at radius 3 is 2.51 bits per heavy atom. The molecule has 1 N–H and O–H groups in total. The van der Waals surface area contributed by atoms with Crippen LogP contribution in [0.3, 0.4) is 0 Å². The molecule has 8 heteroatoms. The van der Waals surface area contributed by atoms with Gasteiger partial charge < -0.3 is 19.3 Å². The van der Waals surface area contributed by atoms with Crippen molar-refractivity contribution < 1.29 is 28.5 Å². The number of benzene rings is 2. The first-order chi connectivity index (χ1) is 21.8. The Balaban J connectivity index is 1.21. The molecule has 7 nitrogen and oxygen atoms in total. The summed E-state index contributed by atoms with van der Waals surface area (Å²) in [5, 5.41) is 9.80. The quantitative estimate of drug-likeness (QED) is 0.256. The molecule has 3 unspecified atom stereocenters. The molecular weight excluding hydrogens is 571 g/mol. The van der Waals surface area contributed by atoms with Crippen molar-refractivity contribution in [3.8, 4) is 22.8 Å². The molecular formula is C37H43FN2O5. The van der Waals surface area contributed by atoms with Gasteiger partial charge in [0.05, 0.1) is 25.3 Å². The average molecular weight is 615 g/mol. The zero-order valence-electron chi connectivity index (χ0n) is 26.4. The SMILES string of the molecule is COc1cc(-c2ccc(C3CCc4ccc([C@H](C5CC5)[C@H](C)C(=O)O)cc4O3)cc2CN2C3CCC2CC(OC)C3)c(F)cn1. The van der Waals surface area contributed by atoms with E-state index >= 15 is 4.39 Å². The number of aliphatic carboxylic acids is 1. The van der Waals surface area contributed by atoms with E-state index in [0.29, 0.717) is 35.5 Å². The van der Waals surface area contributed by atoms with E-state index in [4.69, 9.17) is 14.2 Å². The summed E-state index contributed by atoms with van der Waals surface area (Å²) in [6, 6.07) is 15.2. The number of piperidine rings is 1. The van der Waals surface area contributed by atoms with Gasteiger partial charge in [0.15, 0.2) is 0 Å². The number of hydrogen-bond donors (Lipinski definition) is 1. The topological polar surface area (TPSA) is 81.1 Å². The molecule has 0 radical (unpaired) electrons. The lowest BCUT2D eigenvalue weighted by Gasteiger charge is -2.39. The first kappa shape index (κ1) is 30.2. The molecule has 2 bridgehead atoms. The lowest BCUT2D eigenvalue weighted by atomic mass is 9.82. The maximum atomic E-state index is 15.3. The van der Waals surface area contributed by atoms with Gasteiger partial charge in [0, 0.05) is 37.4 Å². The molecule has 0 spiro atoms. The van der Waals surface area contributed by atoms with Crippen LogP contribution in [-0.2, 0) is 22.5 Å². The van der Waals surface area contributed by atoms with E-state index in [-0.39, 0.29) is 17.8 Å². The number of carboxylic acid groups (broad SMARTS) is 1. The first-order valence-electron chi connectivity index (χ1n) is 16.5. The van der Waals surface area contributed by atoms with Crippen molar-refractivity contribution in [1.29, 1.82) is 0 Å². The molecule has 7 rings (SSSR count). The maximum Gasteiger partial charge on any atom is 0.306 e. The molecule has 1 aromatic heterocycles. The van der Waals surface area contributed by atoms with E-state index in [1.54, 1.807) is 13.2 Å². The minimum atomic E-state index is -0.751. The minimum absolute atomic E-state index is 0.00692. The van der Waals surface area contributed by atoms with Crippen LogP contribution in [0.2, 0.25) is 0 Å². The zero-order chi connectivity index (χ0) is 31.2. The van der Waals surface area contributed by atoms with E-state index in [0.717, 1.165) is 91.5 Å². The smallest absolute Gasteiger partial charge is 0.306 e. The third-order valence-corrected chi connectivity index (χ3v) is 10.8. The van der Waals surface area contributed by atoms with Gasteiger partial charge in [-0.25, -0.2) is 9.37 Å². The second-order valence-electron chi connectivity index (χ2n) is 13.5. The van der Waals surface area contributed by atoms with Gasteiger partial charge in [-0.15, -0.1) is 0 Å². The van der Waals surface area contributed by atoms with Crippen LogP contribution in [-0.4, -0.2) is 53.4 Å². The largest absolute Gasteiger partial charge is 0.485 e. The summed E-state index contributed by atoms with van der Waals surface area (Å²) in [4.78, 5) is 18.6. The highest BCUT2D eigenvalue weighted by Gasteiger charge is 2.41. The van der Waals surface area contributed by atoms with E-state index in [9.17, 15) is 9.90 Å². The molecule has 45 heavy (non-hydrogen) atoms. The maximum absolute atomic E-state index is 15.3. The summed E-state index contributed by atoms with van der Waals surface area (Å²) >= 11 is 0. The van der Waals surface area contributed by atoms with Gasteiger partial charge in [-0.2, -0.15) is 0 Å². The lowest BCUT2D eigenvalue weighted by molar-refractivity contribution is -0.142. The Labute approximate surface area is 264 Å². The van der Waals surface area contributed by atoms with Gasteiger partial charge in [0.1, 0.15) is 17.7 Å². The number of methoxy groups -OCH3 is 2. The number of nitrogens with zero attached hydrogens (tertiary/aromatic N) is 2. The van der Waals surface area contributed by atoms with Crippen LogP contribution in [0.15, 0.2) is 48.7 Å². The van der Waals surface area contributed by atoms with Crippen molar-refractivity contribution in [2.75, 3.05) is 14.2 Å². The van der Waals surface area contributed by atoms with Gasteiger partial charge in [0.25, 0.3) is 0 Å². The van der Waals surface area contributed by atoms with Crippen LogP contribution >= 0.6 is 0 Å². The summed E-state index contributed by atoms with van der Waals surface area (Å²) in [6.45, 7) is 2.55. The van der Waals surface area contributed by atoms with Crippen LogP contribution in [0.5, 0.6) is 11.6 Å². The Bertz CT molecular complexity index is 1560. The highest BCUT2D eigenvalue weighted by Crippen LogP contribution is 2.48. The average Bonchev–Trinajstić information content (AvgIpc) is 3.86. The standard InChI is InChI=1S/C37H43FN2O5/c1-21(37(41)42)36(23-5-6-23)25-7-4-22-9-13-33(45-34(22)15-25)24-8-12-30(31-18-35(44-3)39-19-32(31)38)26(14-24)20-40-27-10-11-28(40)17-29(16-27)43-2/h4,7-8,12,14-15,18-19,21,23,27-29,33,36H,5-6,9-11,13,16-17,20H2,1-3H3,(H,41,42)/t21-,27?,28?,29?,33?,36-/m0/s1. The van der Waals surface area contributed by atoms with Gasteiger partial charge in [-0.05, 0) is 97.1 Å². The predicted molar refractivity (Wildman–Crippen MR) is 169 cm³/mol. The fourth-order valence-corrected chi connectivity index (χ4v) is 8.22. The number of hydrogen-bond acceptors (Lipinski definition) is 6. The van der Waals surface area contributed by atoms with Gasteiger partial charge in [-0.1, -0.05) is 37.3 Å². The number of ether oxygens (including phenoxy) is 3. The Morgan fingerprint density at radius 1 is 1.04 bits per heavy atom. The number of pyridine rings is 1. The molecule has 4 heterocycles. The van der Waals surface area contributed by atoms with E-state index < -0.39 is 11.9 Å². The van der Waals surface area contributed by atoms with E-state index in [2.05, 4.69) is 40.2 Å². The molecule has 3 aliphatic heterocycles. The van der Waals surface area contributed by atoms with E-state index in [1.807, 2.05) is 20.1 Å². The number of fused-ring (bicyclic) bond motifs is 3. The van der Waals surface area contributed by atoms with Crippen LogP contribution in [0.25, 0.3) is 11.1 Å². The third kappa shape index (κ3) is 5.95. The van der Waals surface area contributed by atoms with Crippen molar-refractivity contribution >= 4 is 5.97 Å². The summed E-state index contributed by atoms with van der Waals surface area (Å²) in [5.41, 5.74) is 5.69. The number of halogens is 1. The summed E-state index contributed by atoms with van der Waals surface area (Å²) in [7, 11) is 3.36. The molecule has 1 saturated carbocycles. The van der Waals surface area contributed by atoms with Crippen molar-refractivity contribution in [2.45, 2.75) is 95.0 Å². The highest BCUT2D eigenvalue weighted by molar-refractivity contribution is 5.71. The van der Waals surface area contributed by atoms with Crippen LogP contribution in [0, 0.1) is 17.7 Å². The number of aryl methyl sites for hydroxylation is 1. The molecule has 2 aromatic carbocycles. The van der Waals surface area contributed by atoms with Crippen LogP contribution in [0.4, 0.5) is 4.39 Å². The lowest BCUT2D eigenvalue weighted by Crippen LogP contribution is -2.44. The van der Waals surface area contributed by atoms with Gasteiger partial charge in [0.2, 0.25) is 5.88 Å². The summed E-state index contributed by atoms with van der Waals surface area (Å²) < 4.78 is 33.1. The van der Waals surface area contributed by atoms with Crippen molar-refractivity contribution in [3.05, 3.63) is 76.7 Å². The van der Waals surface area contributed by atoms with Gasteiger partial charge in [-0.3, -0.25) is 9.69 Å². The molecule has 5 atom stereocenters. The first-order valence-corrected chi connectivity index (χ1v) is 16.5. The van der Waals surface area contributed by atoms with Crippen molar-refractivity contribution in [2.24, 2.45) is 11.8 Å². The zero-order valence-corrected chi connectivity index (χ0v) is 26.4. The second kappa shape index (κ2) is 12.4. The summed E-state index contributed by atoms with van der Waals surface area (Å²) in [6.07, 6.45) is 9.61. The molecule has 0 amide bonds. The van der Waals surface area contributed by atoms with Gasteiger partial charge >= 0.3 is 5.97 Å². The third-order valence-electron chi connectivity index (χ3n) is 10.8. The number of aromatic nitrogens is 1. The normalized spacial score (nSPS) is 25.7. The fourth-order valence-electron chi connectivity index (χ4n) is 8.22.